The second-order valence-corrected chi connectivity index (χ2v) is 8.94. The van der Waals surface area contributed by atoms with Crippen molar-refractivity contribution in [2.75, 3.05) is 6.54 Å². The molecule has 0 bridgehead atoms. The van der Waals surface area contributed by atoms with Crippen molar-refractivity contribution >= 4 is 6.21 Å². The Hall–Kier alpha value is -2.87. The normalized spacial score (nSPS) is 19.2. The molecule has 33 heavy (non-hydrogen) atoms. The molecule has 1 aromatic carbocycles. The van der Waals surface area contributed by atoms with Gasteiger partial charge in [-0.05, 0) is 86.8 Å². The molecule has 0 saturated heterocycles. The molecule has 2 rings (SSSR count). The fourth-order valence-electron chi connectivity index (χ4n) is 4.57. The number of nitrogens with zero attached hydrogens (tertiary/aromatic N) is 2. The van der Waals surface area contributed by atoms with Gasteiger partial charge in [0.1, 0.15) is 0 Å². The standard InChI is InChI=1S/C31H42N2/c1-10-20-32-25(8)23(6)29(19-18-27-16-14-13-15-17-27)31-28(12-3)30(31)24(7)26(9)33(21-11-2)22(4)5/h10,13-17,20,28H,1,4,9,11-12,18-19,21H2,2-3,5-8H3/b25-23+,30-24+,31-29+,32-20?. The Bertz CT molecular complexity index is 999. The van der Waals surface area contributed by atoms with E-state index in [1.807, 2.05) is 0 Å². The van der Waals surface area contributed by atoms with Crippen molar-refractivity contribution in [3.8, 4) is 0 Å². The number of hydrogen-bond acceptors (Lipinski definition) is 2. The van der Waals surface area contributed by atoms with E-state index in [4.69, 9.17) is 0 Å². The summed E-state index contributed by atoms with van der Waals surface area (Å²) in [6.07, 6.45) is 7.71. The number of allylic oxidation sites excluding steroid dienone is 8. The number of rotatable bonds is 12. The molecular weight excluding hydrogens is 400 g/mol. The first-order valence-electron chi connectivity index (χ1n) is 12.2. The van der Waals surface area contributed by atoms with E-state index < -0.39 is 0 Å². The minimum atomic E-state index is 0.493. The lowest BCUT2D eigenvalue weighted by molar-refractivity contribution is 0.436. The minimum Gasteiger partial charge on any atom is -0.346 e. The first-order chi connectivity index (χ1) is 15.8. The fraction of sp³-hybridized carbons (Fsp3) is 0.387. The topological polar surface area (TPSA) is 15.6 Å². The van der Waals surface area contributed by atoms with Gasteiger partial charge in [0.2, 0.25) is 0 Å². The maximum Gasteiger partial charge on any atom is 0.0404 e. The van der Waals surface area contributed by atoms with E-state index >= 15 is 0 Å². The highest BCUT2D eigenvalue weighted by Crippen LogP contribution is 2.54. The summed E-state index contributed by atoms with van der Waals surface area (Å²) in [7, 11) is 0. The lowest BCUT2D eigenvalue weighted by atomic mass is 9.96. The molecule has 0 aromatic heterocycles. The summed E-state index contributed by atoms with van der Waals surface area (Å²) in [5, 5.41) is 0. The molecule has 1 aliphatic carbocycles. The summed E-state index contributed by atoms with van der Waals surface area (Å²) in [6, 6.07) is 10.8. The highest BCUT2D eigenvalue weighted by atomic mass is 15.1. The Balaban J connectivity index is 2.56. The molecule has 1 unspecified atom stereocenters. The van der Waals surface area contributed by atoms with Gasteiger partial charge in [-0.15, -0.1) is 0 Å². The third-order valence-corrected chi connectivity index (χ3v) is 6.58. The Kier molecular flexibility index (Phi) is 9.91. The molecule has 2 heteroatoms. The monoisotopic (exact) mass is 442 g/mol. The third-order valence-electron chi connectivity index (χ3n) is 6.58. The van der Waals surface area contributed by atoms with Gasteiger partial charge in [0.15, 0.2) is 0 Å². The summed E-state index contributed by atoms with van der Waals surface area (Å²) < 4.78 is 0. The van der Waals surface area contributed by atoms with Crippen LogP contribution in [-0.2, 0) is 6.42 Å². The Labute approximate surface area is 202 Å². The molecule has 1 saturated carbocycles. The van der Waals surface area contributed by atoms with E-state index in [0.717, 1.165) is 49.3 Å². The highest BCUT2D eigenvalue weighted by molar-refractivity contribution is 5.72. The van der Waals surface area contributed by atoms with Crippen LogP contribution in [0.3, 0.4) is 0 Å². The first-order valence-corrected chi connectivity index (χ1v) is 12.2. The van der Waals surface area contributed by atoms with Crippen molar-refractivity contribution in [1.82, 2.24) is 4.90 Å². The predicted octanol–water partition coefficient (Wildman–Crippen LogP) is 8.58. The van der Waals surface area contributed by atoms with Crippen LogP contribution in [-0.4, -0.2) is 17.7 Å². The van der Waals surface area contributed by atoms with Gasteiger partial charge in [0.05, 0.1) is 0 Å². The molecule has 0 aliphatic heterocycles. The first kappa shape index (κ1) is 26.4. The van der Waals surface area contributed by atoms with Crippen molar-refractivity contribution in [2.24, 2.45) is 10.9 Å². The van der Waals surface area contributed by atoms with Crippen LogP contribution in [0.1, 0.15) is 66.4 Å². The zero-order chi connectivity index (χ0) is 24.5. The SMILES string of the molecule is C=CC=N/C(C)=C(C)/C(CCc1ccccc1)=C1/C(=C(\C)C(=C)N(CCC)C(=C)C)C1CC. The van der Waals surface area contributed by atoms with E-state index in [-0.39, 0.29) is 0 Å². The van der Waals surface area contributed by atoms with Crippen LogP contribution in [0.4, 0.5) is 0 Å². The summed E-state index contributed by atoms with van der Waals surface area (Å²) in [5.41, 5.74) is 11.5. The summed E-state index contributed by atoms with van der Waals surface area (Å²) in [5.74, 6) is 0.493. The van der Waals surface area contributed by atoms with Crippen molar-refractivity contribution in [3.05, 3.63) is 107 Å². The maximum absolute atomic E-state index is 4.61. The van der Waals surface area contributed by atoms with Crippen LogP contribution < -0.4 is 0 Å². The van der Waals surface area contributed by atoms with Crippen LogP contribution in [0.15, 0.2) is 106 Å². The van der Waals surface area contributed by atoms with E-state index in [0.29, 0.717) is 5.92 Å². The van der Waals surface area contributed by atoms with E-state index in [2.05, 4.69) is 102 Å². The van der Waals surface area contributed by atoms with Gasteiger partial charge >= 0.3 is 0 Å². The average Bonchev–Trinajstić information content (AvgIpc) is 3.54. The van der Waals surface area contributed by atoms with Crippen molar-refractivity contribution < 1.29 is 0 Å². The second-order valence-electron chi connectivity index (χ2n) is 8.94. The van der Waals surface area contributed by atoms with E-state index in [1.165, 1.54) is 33.4 Å². The highest BCUT2D eigenvalue weighted by Gasteiger charge is 2.41. The molecule has 1 aliphatic rings. The molecule has 0 amide bonds. The second kappa shape index (κ2) is 12.4. The van der Waals surface area contributed by atoms with Crippen LogP contribution in [0.5, 0.6) is 0 Å². The van der Waals surface area contributed by atoms with Crippen LogP contribution in [0, 0.1) is 5.92 Å². The van der Waals surface area contributed by atoms with Gasteiger partial charge < -0.3 is 4.90 Å². The summed E-state index contributed by atoms with van der Waals surface area (Å²) in [4.78, 5) is 6.87. The molecular formula is C31H42N2. The molecule has 2 nitrogen and oxygen atoms in total. The molecule has 1 atom stereocenters. The van der Waals surface area contributed by atoms with Gasteiger partial charge in [0, 0.05) is 35.8 Å². The van der Waals surface area contributed by atoms with Crippen molar-refractivity contribution in [2.45, 2.75) is 67.2 Å². The number of aryl methyl sites for hydroxylation is 1. The Morgan fingerprint density at radius 1 is 1.03 bits per heavy atom. The molecule has 0 radical (unpaired) electrons. The molecule has 1 aromatic rings. The van der Waals surface area contributed by atoms with Crippen LogP contribution in [0.25, 0.3) is 0 Å². The van der Waals surface area contributed by atoms with Gasteiger partial charge in [-0.2, -0.15) is 0 Å². The van der Waals surface area contributed by atoms with Gasteiger partial charge in [-0.1, -0.05) is 70.0 Å². The Morgan fingerprint density at radius 3 is 2.24 bits per heavy atom. The van der Waals surface area contributed by atoms with Crippen molar-refractivity contribution in [1.29, 1.82) is 0 Å². The Morgan fingerprint density at radius 2 is 1.70 bits per heavy atom. The molecule has 0 N–H and O–H groups in total. The lowest BCUT2D eigenvalue weighted by Gasteiger charge is -2.27. The van der Waals surface area contributed by atoms with Crippen LogP contribution in [0.2, 0.25) is 0 Å². The number of hydrogen-bond donors (Lipinski definition) is 0. The van der Waals surface area contributed by atoms with Crippen molar-refractivity contribution in [3.63, 3.8) is 0 Å². The molecule has 0 heterocycles. The maximum atomic E-state index is 4.61. The average molecular weight is 443 g/mol. The van der Waals surface area contributed by atoms with E-state index in [1.54, 1.807) is 12.3 Å². The fourth-order valence-corrected chi connectivity index (χ4v) is 4.57. The lowest BCUT2D eigenvalue weighted by Crippen LogP contribution is -2.21. The van der Waals surface area contributed by atoms with Gasteiger partial charge in [-0.25, -0.2) is 0 Å². The number of benzene rings is 1. The summed E-state index contributed by atoms with van der Waals surface area (Å²) >= 11 is 0. The van der Waals surface area contributed by atoms with Crippen LogP contribution >= 0.6 is 0 Å². The third kappa shape index (κ3) is 6.57. The minimum absolute atomic E-state index is 0.493. The zero-order valence-electron chi connectivity index (χ0n) is 21.7. The largest absolute Gasteiger partial charge is 0.346 e. The summed E-state index contributed by atoms with van der Waals surface area (Å²) in [6.45, 7) is 26.5. The quantitative estimate of drug-likeness (QED) is 0.296. The smallest absolute Gasteiger partial charge is 0.0404 e. The molecule has 0 spiro atoms. The van der Waals surface area contributed by atoms with Gasteiger partial charge in [0.25, 0.3) is 0 Å². The molecule has 176 valence electrons. The molecule has 1 fully saturated rings. The van der Waals surface area contributed by atoms with E-state index in [9.17, 15) is 0 Å². The predicted molar refractivity (Wildman–Crippen MR) is 146 cm³/mol. The zero-order valence-corrected chi connectivity index (χ0v) is 21.7. The number of aliphatic imine (C=N–C) groups is 1. The van der Waals surface area contributed by atoms with Gasteiger partial charge in [-0.3, -0.25) is 4.99 Å².